The molecule has 0 aliphatic heterocycles. The summed E-state index contributed by atoms with van der Waals surface area (Å²) in [5.41, 5.74) is 5.65. The van der Waals surface area contributed by atoms with E-state index in [0.29, 0.717) is 5.69 Å². The van der Waals surface area contributed by atoms with Crippen LogP contribution in [0.25, 0.3) is 0 Å². The van der Waals surface area contributed by atoms with E-state index in [0.717, 1.165) is 0 Å². The number of nitrogens with zero attached hydrogens (tertiary/aromatic N) is 1. The first-order valence-electron chi connectivity index (χ1n) is 2.99. The molecular weight excluding hydrogens is 148 g/mol. The maximum atomic E-state index is 10.6. The molecule has 0 saturated carbocycles. The second-order valence-electron chi connectivity index (χ2n) is 1.93. The van der Waals surface area contributed by atoms with Crippen LogP contribution in [0.1, 0.15) is 5.69 Å². The summed E-state index contributed by atoms with van der Waals surface area (Å²) >= 11 is 0. The summed E-state index contributed by atoms with van der Waals surface area (Å²) in [5, 5.41) is 0. The van der Waals surface area contributed by atoms with Crippen LogP contribution < -0.4 is 5.73 Å². The zero-order valence-electron chi connectivity index (χ0n) is 6.03. The standard InChI is InChI=1S/C6H8N2O3/c1-10-5(9)2-4-3-11-6(7)8-4/h3H,2H2,1H3,(H2,7,8). The van der Waals surface area contributed by atoms with E-state index in [4.69, 9.17) is 5.73 Å². The number of oxazole rings is 1. The Balaban J connectivity index is 2.57. The minimum absolute atomic E-state index is 0.0592. The molecule has 5 heteroatoms. The maximum Gasteiger partial charge on any atom is 0.311 e. The van der Waals surface area contributed by atoms with Gasteiger partial charge >= 0.3 is 5.97 Å². The molecule has 2 N–H and O–H groups in total. The Bertz CT molecular complexity index is 256. The van der Waals surface area contributed by atoms with Crippen molar-refractivity contribution < 1.29 is 13.9 Å². The Kier molecular flexibility index (Phi) is 2.10. The molecule has 0 bridgehead atoms. The lowest BCUT2D eigenvalue weighted by atomic mass is 10.3. The third kappa shape index (κ3) is 1.96. The average Bonchev–Trinajstić information content (AvgIpc) is 2.35. The van der Waals surface area contributed by atoms with Gasteiger partial charge in [-0.15, -0.1) is 0 Å². The van der Waals surface area contributed by atoms with Crippen LogP contribution in [-0.4, -0.2) is 18.1 Å². The molecule has 5 nitrogen and oxygen atoms in total. The van der Waals surface area contributed by atoms with Crippen molar-refractivity contribution in [3.05, 3.63) is 12.0 Å². The summed E-state index contributed by atoms with van der Waals surface area (Å²) in [4.78, 5) is 14.4. The van der Waals surface area contributed by atoms with Gasteiger partial charge in [0.15, 0.2) is 0 Å². The highest BCUT2D eigenvalue weighted by molar-refractivity contribution is 5.71. The summed E-state index contributed by atoms with van der Waals surface area (Å²) in [7, 11) is 1.31. The van der Waals surface area contributed by atoms with Crippen molar-refractivity contribution in [2.45, 2.75) is 6.42 Å². The Hall–Kier alpha value is -1.52. The Morgan fingerprint density at radius 2 is 2.64 bits per heavy atom. The summed E-state index contributed by atoms with van der Waals surface area (Å²) in [6.45, 7) is 0. The molecule has 0 radical (unpaired) electrons. The highest BCUT2D eigenvalue weighted by Crippen LogP contribution is 2.03. The fraction of sp³-hybridized carbons (Fsp3) is 0.333. The van der Waals surface area contributed by atoms with Crippen molar-refractivity contribution in [2.75, 3.05) is 12.8 Å². The van der Waals surface area contributed by atoms with Gasteiger partial charge in [0.1, 0.15) is 6.26 Å². The third-order valence-corrected chi connectivity index (χ3v) is 1.12. The number of carbonyl (C=O) groups excluding carboxylic acids is 1. The smallest absolute Gasteiger partial charge is 0.311 e. The summed E-state index contributed by atoms with van der Waals surface area (Å²) < 4.78 is 9.07. The first kappa shape index (κ1) is 7.59. The number of ether oxygens (including phenoxy) is 1. The molecule has 11 heavy (non-hydrogen) atoms. The first-order valence-corrected chi connectivity index (χ1v) is 2.99. The highest BCUT2D eigenvalue weighted by Gasteiger charge is 2.06. The van der Waals surface area contributed by atoms with Gasteiger partial charge < -0.3 is 14.9 Å². The quantitative estimate of drug-likeness (QED) is 0.608. The molecule has 0 spiro atoms. The number of hydrogen-bond donors (Lipinski definition) is 1. The van der Waals surface area contributed by atoms with Crippen LogP contribution >= 0.6 is 0 Å². The minimum atomic E-state index is -0.363. The molecule has 1 heterocycles. The van der Waals surface area contributed by atoms with E-state index < -0.39 is 0 Å². The number of esters is 1. The zero-order valence-corrected chi connectivity index (χ0v) is 6.03. The molecule has 0 atom stereocenters. The zero-order chi connectivity index (χ0) is 8.27. The fourth-order valence-corrected chi connectivity index (χ4v) is 0.624. The molecule has 1 aromatic heterocycles. The summed E-state index contributed by atoms with van der Waals surface area (Å²) in [6, 6.07) is 0.0592. The topological polar surface area (TPSA) is 78.3 Å². The molecule has 1 aromatic rings. The van der Waals surface area contributed by atoms with Gasteiger partial charge in [-0.3, -0.25) is 4.79 Å². The van der Waals surface area contributed by atoms with Gasteiger partial charge in [-0.05, 0) is 0 Å². The molecule has 60 valence electrons. The van der Waals surface area contributed by atoms with Gasteiger partial charge in [0.2, 0.25) is 0 Å². The van der Waals surface area contributed by atoms with Gasteiger partial charge in [-0.25, -0.2) is 0 Å². The fourth-order valence-electron chi connectivity index (χ4n) is 0.624. The van der Waals surface area contributed by atoms with Gasteiger partial charge in [0.25, 0.3) is 6.01 Å². The first-order chi connectivity index (χ1) is 5.22. The van der Waals surface area contributed by atoms with Crippen molar-refractivity contribution >= 4 is 12.0 Å². The van der Waals surface area contributed by atoms with Crippen LogP contribution in [0.5, 0.6) is 0 Å². The Morgan fingerprint density at radius 1 is 1.91 bits per heavy atom. The van der Waals surface area contributed by atoms with Gasteiger partial charge in [-0.2, -0.15) is 4.98 Å². The van der Waals surface area contributed by atoms with Crippen LogP contribution in [0.3, 0.4) is 0 Å². The van der Waals surface area contributed by atoms with Gasteiger partial charge in [0, 0.05) is 0 Å². The average molecular weight is 156 g/mol. The molecule has 1 rings (SSSR count). The van der Waals surface area contributed by atoms with Crippen LogP contribution in [-0.2, 0) is 16.0 Å². The molecule has 0 saturated heterocycles. The molecular formula is C6H8N2O3. The van der Waals surface area contributed by atoms with Crippen molar-refractivity contribution in [3.8, 4) is 0 Å². The molecule has 0 aliphatic carbocycles. The molecule has 0 fully saturated rings. The number of nitrogen functional groups attached to an aromatic ring is 1. The molecule has 0 amide bonds. The maximum absolute atomic E-state index is 10.6. The second kappa shape index (κ2) is 3.05. The van der Waals surface area contributed by atoms with Crippen LogP contribution in [0.2, 0.25) is 0 Å². The van der Waals surface area contributed by atoms with E-state index in [9.17, 15) is 4.79 Å². The van der Waals surface area contributed by atoms with E-state index in [1.165, 1.54) is 13.4 Å². The lowest BCUT2D eigenvalue weighted by Gasteiger charge is -1.92. The monoisotopic (exact) mass is 156 g/mol. The number of nitrogens with two attached hydrogens (primary N) is 1. The van der Waals surface area contributed by atoms with Crippen molar-refractivity contribution in [1.82, 2.24) is 4.98 Å². The van der Waals surface area contributed by atoms with Gasteiger partial charge in [-0.1, -0.05) is 0 Å². The summed E-state index contributed by atoms with van der Waals surface area (Å²) in [6.07, 6.45) is 1.42. The number of carbonyl (C=O) groups is 1. The van der Waals surface area contributed by atoms with Crippen molar-refractivity contribution in [1.29, 1.82) is 0 Å². The third-order valence-electron chi connectivity index (χ3n) is 1.12. The van der Waals surface area contributed by atoms with Crippen LogP contribution in [0.15, 0.2) is 10.7 Å². The van der Waals surface area contributed by atoms with E-state index in [2.05, 4.69) is 14.1 Å². The SMILES string of the molecule is COC(=O)Cc1coc(N)n1. The lowest BCUT2D eigenvalue weighted by molar-refractivity contribution is -0.139. The van der Waals surface area contributed by atoms with Crippen molar-refractivity contribution in [3.63, 3.8) is 0 Å². The number of hydrogen-bond acceptors (Lipinski definition) is 5. The molecule has 0 unspecified atom stereocenters. The number of anilines is 1. The van der Waals surface area contributed by atoms with Crippen LogP contribution in [0.4, 0.5) is 6.01 Å². The predicted molar refractivity (Wildman–Crippen MR) is 36.6 cm³/mol. The number of rotatable bonds is 2. The van der Waals surface area contributed by atoms with E-state index >= 15 is 0 Å². The Morgan fingerprint density at radius 3 is 3.09 bits per heavy atom. The Labute approximate surface area is 63.2 Å². The predicted octanol–water partition coefficient (Wildman–Crippen LogP) is -0.0277. The van der Waals surface area contributed by atoms with E-state index in [-0.39, 0.29) is 18.4 Å². The summed E-state index contributed by atoms with van der Waals surface area (Å²) in [5.74, 6) is -0.363. The highest BCUT2D eigenvalue weighted by atomic mass is 16.5. The largest absolute Gasteiger partial charge is 0.469 e. The van der Waals surface area contributed by atoms with Crippen LogP contribution in [0, 0.1) is 0 Å². The van der Waals surface area contributed by atoms with E-state index in [1.54, 1.807) is 0 Å². The number of methoxy groups -OCH3 is 1. The van der Waals surface area contributed by atoms with Gasteiger partial charge in [0.05, 0.1) is 19.2 Å². The number of aromatic nitrogens is 1. The minimum Gasteiger partial charge on any atom is -0.469 e. The molecule has 0 aromatic carbocycles. The van der Waals surface area contributed by atoms with Crippen molar-refractivity contribution in [2.24, 2.45) is 0 Å². The molecule has 0 aliphatic rings. The second-order valence-corrected chi connectivity index (χ2v) is 1.93. The van der Waals surface area contributed by atoms with E-state index in [1.807, 2.05) is 0 Å². The normalized spacial score (nSPS) is 9.55. The lowest BCUT2D eigenvalue weighted by Crippen LogP contribution is -2.04.